The Morgan fingerprint density at radius 2 is 1.47 bits per heavy atom. The van der Waals surface area contributed by atoms with Crippen molar-refractivity contribution in [2.24, 2.45) is 0 Å². The molecular formula is C16H23BrO2. The molecule has 0 saturated carbocycles. The Kier molecular flexibility index (Phi) is 14.1. The van der Waals surface area contributed by atoms with Crippen molar-refractivity contribution in [1.82, 2.24) is 0 Å². The van der Waals surface area contributed by atoms with Gasteiger partial charge in [0, 0.05) is 6.42 Å². The van der Waals surface area contributed by atoms with Gasteiger partial charge in [-0.15, -0.1) is 0 Å². The van der Waals surface area contributed by atoms with Crippen LogP contribution in [0.5, 0.6) is 0 Å². The van der Waals surface area contributed by atoms with Crippen LogP contribution in [-0.2, 0) is 9.53 Å². The van der Waals surface area contributed by atoms with E-state index in [1.54, 1.807) is 0 Å². The Bertz CT molecular complexity index is 328. The van der Waals surface area contributed by atoms with Crippen LogP contribution in [0.15, 0.2) is 47.5 Å². The first kappa shape index (κ1) is 17.9. The largest absolute Gasteiger partial charge is 0.469 e. The van der Waals surface area contributed by atoms with Crippen molar-refractivity contribution in [3.8, 4) is 0 Å². The molecule has 0 aliphatic carbocycles. The van der Waals surface area contributed by atoms with E-state index in [0.717, 1.165) is 32.1 Å². The van der Waals surface area contributed by atoms with Gasteiger partial charge in [-0.1, -0.05) is 58.5 Å². The van der Waals surface area contributed by atoms with Crippen LogP contribution in [0.25, 0.3) is 0 Å². The molecule has 0 bridgehead atoms. The van der Waals surface area contributed by atoms with Gasteiger partial charge in [0.15, 0.2) is 0 Å². The number of ether oxygens (including phenoxy) is 1. The highest BCUT2D eigenvalue weighted by Gasteiger charge is 1.96. The second kappa shape index (κ2) is 15.0. The molecule has 2 nitrogen and oxygen atoms in total. The molecule has 0 aromatic carbocycles. The normalized spacial score (nSPS) is 12.3. The van der Waals surface area contributed by atoms with Crippen molar-refractivity contribution >= 4 is 21.9 Å². The van der Waals surface area contributed by atoms with Crippen LogP contribution in [0, 0.1) is 0 Å². The third kappa shape index (κ3) is 14.9. The summed E-state index contributed by atoms with van der Waals surface area (Å²) in [6.07, 6.45) is 20.1. The second-order valence-corrected chi connectivity index (χ2v) is 4.48. The Hall–Kier alpha value is -1.09. The highest BCUT2D eigenvalue weighted by atomic mass is 79.9. The first-order valence-corrected chi connectivity index (χ1v) is 7.50. The number of unbranched alkanes of at least 4 members (excludes halogenated alkanes) is 1. The summed E-state index contributed by atoms with van der Waals surface area (Å²) in [5, 5.41) is 0. The second-order valence-electron chi connectivity index (χ2n) is 3.95. The van der Waals surface area contributed by atoms with Crippen molar-refractivity contribution in [3.63, 3.8) is 0 Å². The minimum Gasteiger partial charge on any atom is -0.469 e. The lowest BCUT2D eigenvalue weighted by atomic mass is 10.2. The van der Waals surface area contributed by atoms with Crippen LogP contribution in [0.3, 0.4) is 0 Å². The van der Waals surface area contributed by atoms with E-state index in [4.69, 9.17) is 0 Å². The molecule has 0 N–H and O–H groups in total. The molecule has 0 radical (unpaired) electrons. The number of hydrogen-bond donors (Lipinski definition) is 0. The van der Waals surface area contributed by atoms with Crippen LogP contribution in [0.1, 0.15) is 38.5 Å². The molecule has 0 spiro atoms. The average molecular weight is 327 g/mol. The summed E-state index contributed by atoms with van der Waals surface area (Å²) in [6.45, 7) is 0. The molecule has 0 rings (SSSR count). The van der Waals surface area contributed by atoms with Crippen molar-refractivity contribution in [1.29, 1.82) is 0 Å². The van der Waals surface area contributed by atoms with Gasteiger partial charge in [0.25, 0.3) is 0 Å². The summed E-state index contributed by atoms with van der Waals surface area (Å²) in [6, 6.07) is 0. The first-order chi connectivity index (χ1) is 9.31. The molecule has 0 aliphatic rings. The lowest BCUT2D eigenvalue weighted by Gasteiger charge is -1.95. The maximum Gasteiger partial charge on any atom is 0.305 e. The molecular weight excluding hydrogens is 304 g/mol. The van der Waals surface area contributed by atoms with Crippen LogP contribution in [0.4, 0.5) is 0 Å². The van der Waals surface area contributed by atoms with Gasteiger partial charge >= 0.3 is 5.97 Å². The van der Waals surface area contributed by atoms with Crippen molar-refractivity contribution in [2.75, 3.05) is 7.11 Å². The maximum atomic E-state index is 10.8. The molecule has 0 saturated heterocycles. The minimum atomic E-state index is -0.130. The molecule has 0 atom stereocenters. The number of rotatable bonds is 10. The van der Waals surface area contributed by atoms with E-state index in [2.05, 4.69) is 63.2 Å². The van der Waals surface area contributed by atoms with Crippen LogP contribution < -0.4 is 0 Å². The fraction of sp³-hybridized carbons (Fsp3) is 0.438. The zero-order valence-corrected chi connectivity index (χ0v) is 13.1. The molecule has 0 aromatic rings. The Morgan fingerprint density at radius 1 is 0.947 bits per heavy atom. The Morgan fingerprint density at radius 3 is 2.00 bits per heavy atom. The Balaban J connectivity index is 3.41. The van der Waals surface area contributed by atoms with Crippen LogP contribution >= 0.6 is 15.9 Å². The van der Waals surface area contributed by atoms with Gasteiger partial charge in [-0.2, -0.15) is 0 Å². The van der Waals surface area contributed by atoms with Crippen molar-refractivity contribution in [3.05, 3.63) is 47.5 Å². The number of carbonyl (C=O) groups excluding carboxylic acids is 1. The molecule has 3 heteroatoms. The summed E-state index contributed by atoms with van der Waals surface area (Å²) in [4.78, 5) is 12.7. The van der Waals surface area contributed by atoms with Gasteiger partial charge in [-0.25, -0.2) is 0 Å². The smallest absolute Gasteiger partial charge is 0.305 e. The lowest BCUT2D eigenvalue weighted by molar-refractivity contribution is -0.140. The van der Waals surface area contributed by atoms with Crippen molar-refractivity contribution in [2.45, 2.75) is 38.5 Å². The number of esters is 1. The number of halogens is 1. The zero-order chi connectivity index (χ0) is 14.2. The van der Waals surface area contributed by atoms with E-state index >= 15 is 0 Å². The average Bonchev–Trinajstić information content (AvgIpc) is 2.43. The highest BCUT2D eigenvalue weighted by molar-refractivity contribution is 9.11. The van der Waals surface area contributed by atoms with E-state index in [9.17, 15) is 4.79 Å². The standard InChI is InChI=1S/C16H23BrO2/c1-19-16(18)14-12-10-8-6-4-2-3-5-7-9-11-13-15-17/h2-3,6-9,13,15H,4-5,10-12,14H2,1H3/b3-2-,8-6-,9-7-,15-13-. The van der Waals surface area contributed by atoms with Gasteiger partial charge in [0.1, 0.15) is 0 Å². The van der Waals surface area contributed by atoms with E-state index in [1.807, 2.05) is 4.99 Å². The molecule has 106 valence electrons. The monoisotopic (exact) mass is 326 g/mol. The Labute approximate surface area is 125 Å². The molecule has 0 fully saturated rings. The zero-order valence-electron chi connectivity index (χ0n) is 11.6. The third-order valence-electron chi connectivity index (χ3n) is 2.38. The predicted molar refractivity (Wildman–Crippen MR) is 85.2 cm³/mol. The summed E-state index contributed by atoms with van der Waals surface area (Å²) < 4.78 is 4.57. The van der Waals surface area contributed by atoms with Gasteiger partial charge in [0.05, 0.1) is 7.11 Å². The fourth-order valence-electron chi connectivity index (χ4n) is 1.35. The third-order valence-corrected chi connectivity index (χ3v) is 2.76. The molecule has 0 amide bonds. The maximum absolute atomic E-state index is 10.8. The van der Waals surface area contributed by atoms with E-state index < -0.39 is 0 Å². The van der Waals surface area contributed by atoms with Crippen LogP contribution in [-0.4, -0.2) is 13.1 Å². The number of carbonyl (C=O) groups is 1. The number of hydrogen-bond acceptors (Lipinski definition) is 2. The summed E-state index contributed by atoms with van der Waals surface area (Å²) in [5.41, 5.74) is 0. The number of allylic oxidation sites excluding steroid dienone is 7. The van der Waals surface area contributed by atoms with Gasteiger partial charge < -0.3 is 4.74 Å². The summed E-state index contributed by atoms with van der Waals surface area (Å²) in [5.74, 6) is -0.130. The molecule has 0 heterocycles. The van der Waals surface area contributed by atoms with E-state index in [0.29, 0.717) is 6.42 Å². The quantitative estimate of drug-likeness (QED) is 0.318. The molecule has 0 aromatic heterocycles. The SMILES string of the molecule is COC(=O)CCC/C=C\C/C=C\C/C=C\C/C=C\Br. The fourth-order valence-corrected chi connectivity index (χ4v) is 1.57. The van der Waals surface area contributed by atoms with E-state index in [-0.39, 0.29) is 5.97 Å². The van der Waals surface area contributed by atoms with Crippen LogP contribution in [0.2, 0.25) is 0 Å². The molecule has 19 heavy (non-hydrogen) atoms. The predicted octanol–water partition coefficient (Wildman–Crippen LogP) is 5.08. The highest BCUT2D eigenvalue weighted by Crippen LogP contribution is 2.00. The summed E-state index contributed by atoms with van der Waals surface area (Å²) >= 11 is 3.23. The van der Waals surface area contributed by atoms with Gasteiger partial charge in [0.2, 0.25) is 0 Å². The van der Waals surface area contributed by atoms with Crippen molar-refractivity contribution < 1.29 is 9.53 Å². The van der Waals surface area contributed by atoms with Gasteiger partial charge in [-0.3, -0.25) is 4.79 Å². The number of methoxy groups -OCH3 is 1. The molecule has 0 unspecified atom stereocenters. The summed E-state index contributed by atoms with van der Waals surface area (Å²) in [7, 11) is 1.42. The minimum absolute atomic E-state index is 0.130. The first-order valence-electron chi connectivity index (χ1n) is 6.58. The molecule has 0 aliphatic heterocycles. The van der Waals surface area contributed by atoms with Gasteiger partial charge in [-0.05, 0) is 37.1 Å². The van der Waals surface area contributed by atoms with E-state index in [1.165, 1.54) is 7.11 Å². The topological polar surface area (TPSA) is 26.3 Å². The lowest BCUT2D eigenvalue weighted by Crippen LogP contribution is -1.98.